The monoisotopic (exact) mass is 248 g/mol. The van der Waals surface area contributed by atoms with Crippen LogP contribution in [0.2, 0.25) is 0 Å². The molecule has 0 aliphatic carbocycles. The van der Waals surface area contributed by atoms with Gasteiger partial charge in [-0.25, -0.2) is 4.79 Å². The lowest BCUT2D eigenvalue weighted by Crippen LogP contribution is -2.00. The molecule has 1 aromatic heterocycles. The molecule has 0 spiro atoms. The Morgan fingerprint density at radius 2 is 2.06 bits per heavy atom. The number of esters is 1. The fourth-order valence-electron chi connectivity index (χ4n) is 1.82. The summed E-state index contributed by atoms with van der Waals surface area (Å²) in [5.74, 6) is -0.00409. The molecular formula is C13H12O5. The van der Waals surface area contributed by atoms with Crippen LogP contribution >= 0.6 is 0 Å². The predicted octanol–water partition coefficient (Wildman–Crippen LogP) is 2.35. The number of benzene rings is 1. The molecule has 0 saturated heterocycles. The molecule has 0 aliphatic rings. The molecule has 5 heteroatoms. The second-order valence-electron chi connectivity index (χ2n) is 3.76. The molecule has 0 radical (unpaired) electrons. The minimum Gasteiger partial charge on any atom is -0.496 e. The Morgan fingerprint density at radius 1 is 1.33 bits per heavy atom. The molecular weight excluding hydrogens is 236 g/mol. The van der Waals surface area contributed by atoms with Crippen molar-refractivity contribution in [1.29, 1.82) is 0 Å². The van der Waals surface area contributed by atoms with Crippen molar-refractivity contribution in [1.82, 2.24) is 0 Å². The summed E-state index contributed by atoms with van der Waals surface area (Å²) < 4.78 is 15.1. The summed E-state index contributed by atoms with van der Waals surface area (Å²) in [4.78, 5) is 22.4. The highest BCUT2D eigenvalue weighted by molar-refractivity contribution is 5.98. The first kappa shape index (κ1) is 12.2. The van der Waals surface area contributed by atoms with Gasteiger partial charge in [0.25, 0.3) is 0 Å². The highest BCUT2D eigenvalue weighted by Gasteiger charge is 2.19. The van der Waals surface area contributed by atoms with Gasteiger partial charge in [-0.1, -0.05) is 0 Å². The lowest BCUT2D eigenvalue weighted by molar-refractivity contribution is 0.0566. The Morgan fingerprint density at radius 3 is 2.61 bits per heavy atom. The molecule has 1 heterocycles. The van der Waals surface area contributed by atoms with Crippen molar-refractivity contribution < 1.29 is 23.5 Å². The van der Waals surface area contributed by atoms with Crippen LogP contribution in [0.3, 0.4) is 0 Å². The Bertz CT molecular complexity index is 624. The third-order valence-corrected chi connectivity index (χ3v) is 2.79. The van der Waals surface area contributed by atoms with E-state index in [2.05, 4.69) is 4.74 Å². The summed E-state index contributed by atoms with van der Waals surface area (Å²) in [6.45, 7) is 1.74. The van der Waals surface area contributed by atoms with Gasteiger partial charge in [-0.05, 0) is 13.0 Å². The second-order valence-corrected chi connectivity index (χ2v) is 3.76. The van der Waals surface area contributed by atoms with Crippen LogP contribution in [0.15, 0.2) is 16.5 Å². The highest BCUT2D eigenvalue weighted by atomic mass is 16.5. The molecule has 2 rings (SSSR count). The number of fused-ring (bicyclic) bond motifs is 1. The van der Waals surface area contributed by atoms with E-state index in [1.54, 1.807) is 19.1 Å². The summed E-state index contributed by atoms with van der Waals surface area (Å²) in [6.07, 6.45) is 0.697. The molecule has 0 unspecified atom stereocenters. The lowest BCUT2D eigenvalue weighted by atomic mass is 10.1. The second kappa shape index (κ2) is 4.52. The maximum Gasteiger partial charge on any atom is 0.374 e. The topological polar surface area (TPSA) is 65.7 Å². The number of carbonyl (C=O) groups excluding carboxylic acids is 2. The molecule has 94 valence electrons. The number of aldehydes is 1. The van der Waals surface area contributed by atoms with E-state index in [0.29, 0.717) is 34.1 Å². The van der Waals surface area contributed by atoms with Gasteiger partial charge in [0.2, 0.25) is 5.76 Å². The molecule has 2 aromatic rings. The van der Waals surface area contributed by atoms with E-state index in [4.69, 9.17) is 9.15 Å². The van der Waals surface area contributed by atoms with Crippen molar-refractivity contribution in [2.75, 3.05) is 14.2 Å². The van der Waals surface area contributed by atoms with Crippen molar-refractivity contribution in [3.8, 4) is 5.75 Å². The Hall–Kier alpha value is -2.30. The zero-order chi connectivity index (χ0) is 13.3. The number of rotatable bonds is 3. The average Bonchev–Trinajstić information content (AvgIpc) is 2.73. The van der Waals surface area contributed by atoms with Gasteiger partial charge in [-0.2, -0.15) is 0 Å². The predicted molar refractivity (Wildman–Crippen MR) is 64.2 cm³/mol. The molecule has 0 amide bonds. The minimum atomic E-state index is -0.546. The van der Waals surface area contributed by atoms with E-state index in [-0.39, 0.29) is 5.76 Å². The number of ether oxygens (including phenoxy) is 2. The van der Waals surface area contributed by atoms with Crippen molar-refractivity contribution in [3.63, 3.8) is 0 Å². The van der Waals surface area contributed by atoms with Gasteiger partial charge >= 0.3 is 5.97 Å². The normalized spacial score (nSPS) is 10.4. The first-order chi connectivity index (χ1) is 8.62. The van der Waals surface area contributed by atoms with Gasteiger partial charge in [-0.15, -0.1) is 0 Å². The molecule has 0 atom stereocenters. The maximum absolute atomic E-state index is 11.5. The van der Waals surface area contributed by atoms with Crippen molar-refractivity contribution in [3.05, 3.63) is 29.0 Å². The largest absolute Gasteiger partial charge is 0.496 e. The van der Waals surface area contributed by atoms with Gasteiger partial charge in [0.1, 0.15) is 11.3 Å². The first-order valence-corrected chi connectivity index (χ1v) is 5.27. The molecule has 18 heavy (non-hydrogen) atoms. The zero-order valence-electron chi connectivity index (χ0n) is 10.3. The zero-order valence-corrected chi connectivity index (χ0v) is 10.3. The molecule has 1 aromatic carbocycles. The Balaban J connectivity index is 2.72. The van der Waals surface area contributed by atoms with Crippen LogP contribution in [0.5, 0.6) is 5.75 Å². The van der Waals surface area contributed by atoms with Crippen LogP contribution in [-0.4, -0.2) is 26.5 Å². The van der Waals surface area contributed by atoms with Crippen molar-refractivity contribution >= 4 is 23.2 Å². The summed E-state index contributed by atoms with van der Waals surface area (Å²) >= 11 is 0. The molecule has 0 saturated carbocycles. The molecule has 0 bridgehead atoms. The van der Waals surface area contributed by atoms with Crippen LogP contribution in [-0.2, 0) is 4.74 Å². The number of hydrogen-bond acceptors (Lipinski definition) is 5. The van der Waals surface area contributed by atoms with Crippen molar-refractivity contribution in [2.24, 2.45) is 0 Å². The van der Waals surface area contributed by atoms with E-state index >= 15 is 0 Å². The minimum absolute atomic E-state index is 0.137. The quantitative estimate of drug-likeness (QED) is 0.616. The van der Waals surface area contributed by atoms with Crippen LogP contribution in [0.25, 0.3) is 11.0 Å². The highest BCUT2D eigenvalue weighted by Crippen LogP contribution is 2.31. The van der Waals surface area contributed by atoms with Crippen LogP contribution in [0.4, 0.5) is 0 Å². The fourth-order valence-corrected chi connectivity index (χ4v) is 1.82. The van der Waals surface area contributed by atoms with Crippen LogP contribution < -0.4 is 4.74 Å². The number of carbonyl (C=O) groups is 2. The average molecular weight is 248 g/mol. The molecule has 0 fully saturated rings. The molecule has 5 nitrogen and oxygen atoms in total. The summed E-state index contributed by atoms with van der Waals surface area (Å²) in [5, 5.41) is 0.693. The lowest BCUT2D eigenvalue weighted by Gasteiger charge is -2.02. The number of furan rings is 1. The van der Waals surface area contributed by atoms with E-state index in [1.807, 2.05) is 0 Å². The summed E-state index contributed by atoms with van der Waals surface area (Å²) in [6, 6.07) is 3.21. The number of aryl methyl sites for hydroxylation is 1. The van der Waals surface area contributed by atoms with E-state index in [9.17, 15) is 9.59 Å². The van der Waals surface area contributed by atoms with Gasteiger partial charge in [0.05, 0.1) is 19.8 Å². The van der Waals surface area contributed by atoms with Crippen LogP contribution in [0.1, 0.15) is 26.5 Å². The SMILES string of the molecule is COC(=O)c1oc2cc(OC)c(C=O)cc2c1C. The Labute approximate surface area is 103 Å². The molecule has 0 aliphatic heterocycles. The van der Waals surface area contributed by atoms with E-state index in [1.165, 1.54) is 14.2 Å². The van der Waals surface area contributed by atoms with Gasteiger partial charge < -0.3 is 13.9 Å². The smallest absolute Gasteiger partial charge is 0.374 e. The standard InChI is InChI=1S/C13H12O5/c1-7-9-4-8(6-14)10(16-2)5-11(9)18-12(7)13(15)17-3/h4-6H,1-3H3. The van der Waals surface area contributed by atoms with Gasteiger partial charge in [-0.3, -0.25) is 4.79 Å². The third kappa shape index (κ3) is 1.73. The fraction of sp³-hybridized carbons (Fsp3) is 0.231. The third-order valence-electron chi connectivity index (χ3n) is 2.79. The number of hydrogen-bond donors (Lipinski definition) is 0. The first-order valence-electron chi connectivity index (χ1n) is 5.27. The summed E-state index contributed by atoms with van der Waals surface area (Å²) in [7, 11) is 2.75. The Kier molecular flexibility index (Phi) is 3.06. The van der Waals surface area contributed by atoms with Gasteiger partial charge in [0, 0.05) is 17.0 Å². The van der Waals surface area contributed by atoms with Crippen molar-refractivity contribution in [2.45, 2.75) is 6.92 Å². The summed E-state index contributed by atoms with van der Waals surface area (Å²) in [5.41, 5.74) is 1.53. The van der Waals surface area contributed by atoms with E-state index < -0.39 is 5.97 Å². The maximum atomic E-state index is 11.5. The van der Waals surface area contributed by atoms with Crippen LogP contribution in [0, 0.1) is 6.92 Å². The van der Waals surface area contributed by atoms with E-state index in [0.717, 1.165) is 0 Å². The number of methoxy groups -OCH3 is 2. The molecule has 0 N–H and O–H groups in total. The van der Waals surface area contributed by atoms with Gasteiger partial charge in [0.15, 0.2) is 6.29 Å².